The molecule has 0 saturated carbocycles. The Labute approximate surface area is 117 Å². The molecule has 2 aromatic rings. The van der Waals surface area contributed by atoms with E-state index in [0.29, 0.717) is 23.7 Å². The number of esters is 1. The van der Waals surface area contributed by atoms with Gasteiger partial charge in [0.25, 0.3) is 0 Å². The van der Waals surface area contributed by atoms with Gasteiger partial charge in [0.15, 0.2) is 0 Å². The quantitative estimate of drug-likeness (QED) is 0.525. The Morgan fingerprint density at radius 3 is 2.85 bits per heavy atom. The number of ether oxygens (including phenoxy) is 2. The molecule has 20 heavy (non-hydrogen) atoms. The van der Waals surface area contributed by atoms with E-state index >= 15 is 0 Å². The van der Waals surface area contributed by atoms with Crippen molar-refractivity contribution in [2.45, 2.75) is 6.92 Å². The first-order valence-electron chi connectivity index (χ1n) is 6.23. The first kappa shape index (κ1) is 13.9. The van der Waals surface area contributed by atoms with Crippen molar-refractivity contribution in [3.8, 4) is 5.88 Å². The number of methoxy groups -OCH3 is 1. The Hall–Kier alpha value is -2.56. The first-order chi connectivity index (χ1) is 9.65. The van der Waals surface area contributed by atoms with Gasteiger partial charge in [0.1, 0.15) is 0 Å². The highest BCUT2D eigenvalue weighted by Gasteiger charge is 2.06. The average molecular weight is 272 g/mol. The number of aromatic nitrogens is 1. The summed E-state index contributed by atoms with van der Waals surface area (Å²) in [4.78, 5) is 15.7. The number of benzene rings is 1. The lowest BCUT2D eigenvalue weighted by molar-refractivity contribution is -0.137. The van der Waals surface area contributed by atoms with Crippen molar-refractivity contribution in [1.82, 2.24) is 4.98 Å². The molecule has 0 aliphatic carbocycles. The minimum absolute atomic E-state index is 0.352. The van der Waals surface area contributed by atoms with E-state index in [1.54, 1.807) is 32.2 Å². The predicted molar refractivity (Wildman–Crippen MR) is 78.4 cm³/mol. The maximum Gasteiger partial charge on any atom is 0.330 e. The van der Waals surface area contributed by atoms with Crippen LogP contribution in [0.4, 0.5) is 5.69 Å². The third kappa shape index (κ3) is 2.88. The van der Waals surface area contributed by atoms with Gasteiger partial charge in [0.05, 0.1) is 24.9 Å². The Morgan fingerprint density at radius 2 is 2.15 bits per heavy atom. The number of hydrogen-bond donors (Lipinski definition) is 1. The van der Waals surface area contributed by atoms with E-state index in [1.807, 2.05) is 12.1 Å². The Morgan fingerprint density at radius 1 is 1.35 bits per heavy atom. The van der Waals surface area contributed by atoms with E-state index in [4.69, 9.17) is 15.2 Å². The topological polar surface area (TPSA) is 74.4 Å². The Bertz CT molecular complexity index is 665. The van der Waals surface area contributed by atoms with Gasteiger partial charge in [0.2, 0.25) is 5.88 Å². The predicted octanol–water partition coefficient (Wildman–Crippen LogP) is 2.40. The summed E-state index contributed by atoms with van der Waals surface area (Å²) in [6, 6.07) is 7.20. The Kier molecular flexibility index (Phi) is 4.20. The van der Waals surface area contributed by atoms with Crippen molar-refractivity contribution in [2.75, 3.05) is 19.5 Å². The standard InChI is InChI=1S/C15H16N2O3/c1-3-20-14(18)9-5-10-4-7-12(16)15-11(10)6-8-13(17-15)19-2/h4-9H,3,16H2,1-2H3/b9-5+. The van der Waals surface area contributed by atoms with Crippen molar-refractivity contribution in [3.63, 3.8) is 0 Å². The van der Waals surface area contributed by atoms with Crippen LogP contribution < -0.4 is 10.5 Å². The lowest BCUT2D eigenvalue weighted by atomic mass is 10.1. The van der Waals surface area contributed by atoms with Gasteiger partial charge in [-0.25, -0.2) is 9.78 Å². The van der Waals surface area contributed by atoms with Crippen LogP contribution in [0.3, 0.4) is 0 Å². The number of hydrogen-bond acceptors (Lipinski definition) is 5. The Balaban J connectivity index is 2.45. The molecule has 0 amide bonds. The van der Waals surface area contributed by atoms with Crippen LogP contribution in [0.15, 0.2) is 30.3 Å². The zero-order chi connectivity index (χ0) is 14.5. The summed E-state index contributed by atoms with van der Waals surface area (Å²) in [5.74, 6) is 0.120. The first-order valence-corrected chi connectivity index (χ1v) is 6.23. The molecule has 0 radical (unpaired) electrons. The van der Waals surface area contributed by atoms with Crippen LogP contribution in [0.1, 0.15) is 12.5 Å². The van der Waals surface area contributed by atoms with Crippen molar-refractivity contribution in [2.24, 2.45) is 0 Å². The molecule has 0 bridgehead atoms. The van der Waals surface area contributed by atoms with Crippen LogP contribution in [-0.2, 0) is 9.53 Å². The van der Waals surface area contributed by atoms with Crippen molar-refractivity contribution < 1.29 is 14.3 Å². The number of carbonyl (C=O) groups is 1. The molecule has 0 unspecified atom stereocenters. The number of anilines is 1. The molecule has 0 aliphatic rings. The second kappa shape index (κ2) is 6.06. The summed E-state index contributed by atoms with van der Waals surface area (Å²) in [6.45, 7) is 2.12. The fourth-order valence-electron chi connectivity index (χ4n) is 1.85. The minimum atomic E-state index is -0.376. The molecule has 2 rings (SSSR count). The van der Waals surface area contributed by atoms with Crippen LogP contribution in [0, 0.1) is 0 Å². The molecular weight excluding hydrogens is 256 g/mol. The summed E-state index contributed by atoms with van der Waals surface area (Å²) in [5, 5.41) is 0.853. The number of nitrogens with two attached hydrogens (primary N) is 1. The highest BCUT2D eigenvalue weighted by Crippen LogP contribution is 2.26. The third-order valence-electron chi connectivity index (χ3n) is 2.79. The molecule has 0 aliphatic heterocycles. The lowest BCUT2D eigenvalue weighted by Crippen LogP contribution is -1.99. The second-order valence-electron chi connectivity index (χ2n) is 4.08. The minimum Gasteiger partial charge on any atom is -0.481 e. The molecule has 104 valence electrons. The number of pyridine rings is 1. The van der Waals surface area contributed by atoms with Crippen LogP contribution in [0.2, 0.25) is 0 Å². The normalized spacial score (nSPS) is 10.9. The largest absolute Gasteiger partial charge is 0.481 e. The van der Waals surface area contributed by atoms with E-state index in [-0.39, 0.29) is 5.97 Å². The fourth-order valence-corrected chi connectivity index (χ4v) is 1.85. The molecule has 0 fully saturated rings. The number of carbonyl (C=O) groups excluding carboxylic acids is 1. The molecule has 0 atom stereocenters. The molecule has 0 saturated heterocycles. The molecule has 1 aromatic carbocycles. The summed E-state index contributed by atoms with van der Waals surface area (Å²) >= 11 is 0. The fraction of sp³-hybridized carbons (Fsp3) is 0.200. The van der Waals surface area contributed by atoms with Gasteiger partial charge in [0, 0.05) is 17.5 Å². The number of rotatable bonds is 4. The zero-order valence-electron chi connectivity index (χ0n) is 11.4. The maximum absolute atomic E-state index is 11.4. The van der Waals surface area contributed by atoms with Gasteiger partial charge in [-0.3, -0.25) is 0 Å². The van der Waals surface area contributed by atoms with E-state index in [0.717, 1.165) is 10.9 Å². The SMILES string of the molecule is CCOC(=O)/C=C/c1ccc(N)c2nc(OC)ccc12. The van der Waals surface area contributed by atoms with Crippen molar-refractivity contribution in [1.29, 1.82) is 0 Å². The van der Waals surface area contributed by atoms with Crippen LogP contribution in [0.5, 0.6) is 5.88 Å². The van der Waals surface area contributed by atoms with Gasteiger partial charge in [-0.1, -0.05) is 6.07 Å². The highest BCUT2D eigenvalue weighted by atomic mass is 16.5. The third-order valence-corrected chi connectivity index (χ3v) is 2.79. The number of fused-ring (bicyclic) bond motifs is 1. The monoisotopic (exact) mass is 272 g/mol. The second-order valence-corrected chi connectivity index (χ2v) is 4.08. The summed E-state index contributed by atoms with van der Waals surface area (Å²) in [6.07, 6.45) is 3.08. The van der Waals surface area contributed by atoms with Gasteiger partial charge >= 0.3 is 5.97 Å². The lowest BCUT2D eigenvalue weighted by Gasteiger charge is -2.07. The molecule has 2 N–H and O–H groups in total. The molecular formula is C15H16N2O3. The van der Waals surface area contributed by atoms with E-state index in [9.17, 15) is 4.79 Å². The summed E-state index contributed by atoms with van der Waals surface area (Å²) < 4.78 is 9.94. The van der Waals surface area contributed by atoms with Gasteiger partial charge in [-0.05, 0) is 30.7 Å². The molecule has 1 aromatic heterocycles. The van der Waals surface area contributed by atoms with Crippen LogP contribution in [0.25, 0.3) is 17.0 Å². The van der Waals surface area contributed by atoms with Gasteiger partial charge < -0.3 is 15.2 Å². The van der Waals surface area contributed by atoms with Crippen molar-refractivity contribution in [3.05, 3.63) is 35.9 Å². The molecule has 0 spiro atoms. The average Bonchev–Trinajstić information content (AvgIpc) is 2.46. The molecule has 5 heteroatoms. The smallest absolute Gasteiger partial charge is 0.330 e. The van der Waals surface area contributed by atoms with Crippen molar-refractivity contribution >= 4 is 28.6 Å². The summed E-state index contributed by atoms with van der Waals surface area (Å²) in [5.41, 5.74) is 7.97. The van der Waals surface area contributed by atoms with Crippen LogP contribution in [-0.4, -0.2) is 24.7 Å². The molecule has 5 nitrogen and oxygen atoms in total. The van der Waals surface area contributed by atoms with Gasteiger partial charge in [-0.15, -0.1) is 0 Å². The number of nitrogen functional groups attached to an aromatic ring is 1. The maximum atomic E-state index is 11.4. The summed E-state index contributed by atoms with van der Waals surface area (Å²) in [7, 11) is 1.55. The molecule has 1 heterocycles. The van der Waals surface area contributed by atoms with Gasteiger partial charge in [-0.2, -0.15) is 0 Å². The zero-order valence-corrected chi connectivity index (χ0v) is 11.4. The van der Waals surface area contributed by atoms with E-state index in [1.165, 1.54) is 6.08 Å². The van der Waals surface area contributed by atoms with E-state index < -0.39 is 0 Å². The highest BCUT2D eigenvalue weighted by molar-refractivity contribution is 5.98. The van der Waals surface area contributed by atoms with E-state index in [2.05, 4.69) is 4.98 Å². The van der Waals surface area contributed by atoms with Crippen LogP contribution >= 0.6 is 0 Å². The number of nitrogens with zero attached hydrogens (tertiary/aromatic N) is 1.